The first-order valence-electron chi connectivity index (χ1n) is 9.07. The third-order valence-electron chi connectivity index (χ3n) is 5.29. The van der Waals surface area contributed by atoms with Gasteiger partial charge in [-0.2, -0.15) is 0 Å². The smallest absolute Gasteiger partial charge is 0.239 e. The standard InChI is InChI=1S/C17H32N4O2/c1-3-14(2)16(18)17(23)21-11-9-19(10-12-21)13-15(22)20-7-5-4-6-8-20/h14,16H,3-13,18H2,1-2H3. The zero-order valence-electron chi connectivity index (χ0n) is 14.7. The van der Waals surface area contributed by atoms with E-state index in [0.717, 1.165) is 45.4 Å². The first-order valence-corrected chi connectivity index (χ1v) is 9.07. The van der Waals surface area contributed by atoms with E-state index in [1.54, 1.807) is 0 Å². The molecule has 2 saturated heterocycles. The summed E-state index contributed by atoms with van der Waals surface area (Å²) in [5.74, 6) is 0.503. The normalized spacial score (nSPS) is 22.7. The van der Waals surface area contributed by atoms with Crippen molar-refractivity contribution in [2.75, 3.05) is 45.8 Å². The summed E-state index contributed by atoms with van der Waals surface area (Å²) in [6.07, 6.45) is 4.40. The lowest BCUT2D eigenvalue weighted by molar-refractivity contribution is -0.137. The molecule has 2 aliphatic rings. The molecule has 0 spiro atoms. The Bertz CT molecular complexity index is 401. The minimum atomic E-state index is -0.401. The maximum atomic E-state index is 12.4. The number of hydrogen-bond acceptors (Lipinski definition) is 4. The van der Waals surface area contributed by atoms with Gasteiger partial charge in [0.15, 0.2) is 0 Å². The minimum Gasteiger partial charge on any atom is -0.342 e. The molecule has 2 fully saturated rings. The zero-order valence-corrected chi connectivity index (χ0v) is 14.7. The minimum absolute atomic E-state index is 0.0568. The van der Waals surface area contributed by atoms with Crippen molar-refractivity contribution in [2.24, 2.45) is 11.7 Å². The molecule has 0 radical (unpaired) electrons. The van der Waals surface area contributed by atoms with Gasteiger partial charge in [-0.05, 0) is 25.2 Å². The van der Waals surface area contributed by atoms with Gasteiger partial charge in [0.2, 0.25) is 11.8 Å². The van der Waals surface area contributed by atoms with Gasteiger partial charge in [-0.1, -0.05) is 20.3 Å². The largest absolute Gasteiger partial charge is 0.342 e. The predicted molar refractivity (Wildman–Crippen MR) is 90.9 cm³/mol. The molecule has 2 rings (SSSR count). The SMILES string of the molecule is CCC(C)C(N)C(=O)N1CCN(CC(=O)N2CCCCC2)CC1. The second kappa shape index (κ2) is 8.64. The Kier molecular flexibility index (Phi) is 6.84. The number of amides is 2. The molecule has 0 aromatic carbocycles. The van der Waals surface area contributed by atoms with Crippen molar-refractivity contribution in [1.82, 2.24) is 14.7 Å². The Morgan fingerprint density at radius 1 is 0.957 bits per heavy atom. The summed E-state index contributed by atoms with van der Waals surface area (Å²) in [6, 6.07) is -0.401. The lowest BCUT2D eigenvalue weighted by Gasteiger charge is -2.37. The summed E-state index contributed by atoms with van der Waals surface area (Å²) in [5, 5.41) is 0. The predicted octanol–water partition coefficient (Wildman–Crippen LogP) is 0.517. The number of nitrogens with zero attached hydrogens (tertiary/aromatic N) is 3. The zero-order chi connectivity index (χ0) is 16.8. The fourth-order valence-electron chi connectivity index (χ4n) is 3.27. The highest BCUT2D eigenvalue weighted by molar-refractivity contribution is 5.82. The highest BCUT2D eigenvalue weighted by Gasteiger charge is 2.29. The molecule has 6 heteroatoms. The summed E-state index contributed by atoms with van der Waals surface area (Å²) in [4.78, 5) is 30.7. The summed E-state index contributed by atoms with van der Waals surface area (Å²) in [5.41, 5.74) is 6.05. The van der Waals surface area contributed by atoms with Crippen LogP contribution >= 0.6 is 0 Å². The Hall–Kier alpha value is -1.14. The fourth-order valence-corrected chi connectivity index (χ4v) is 3.27. The van der Waals surface area contributed by atoms with E-state index in [4.69, 9.17) is 5.73 Å². The maximum Gasteiger partial charge on any atom is 0.239 e. The molecule has 2 amide bonds. The average Bonchev–Trinajstić information content (AvgIpc) is 2.61. The van der Waals surface area contributed by atoms with E-state index >= 15 is 0 Å². The van der Waals surface area contributed by atoms with Crippen molar-refractivity contribution in [1.29, 1.82) is 0 Å². The van der Waals surface area contributed by atoms with Gasteiger partial charge in [-0.15, -0.1) is 0 Å². The van der Waals surface area contributed by atoms with Crippen LogP contribution in [0.1, 0.15) is 39.5 Å². The molecule has 6 nitrogen and oxygen atoms in total. The van der Waals surface area contributed by atoms with Gasteiger partial charge >= 0.3 is 0 Å². The molecule has 0 bridgehead atoms. The summed E-state index contributed by atoms with van der Waals surface area (Å²) in [7, 11) is 0. The van der Waals surface area contributed by atoms with Crippen LogP contribution in [0.15, 0.2) is 0 Å². The maximum absolute atomic E-state index is 12.4. The fraction of sp³-hybridized carbons (Fsp3) is 0.882. The number of hydrogen-bond donors (Lipinski definition) is 1. The van der Waals surface area contributed by atoms with Gasteiger partial charge in [-0.3, -0.25) is 14.5 Å². The molecule has 0 saturated carbocycles. The molecule has 132 valence electrons. The van der Waals surface area contributed by atoms with E-state index in [1.807, 2.05) is 16.7 Å². The quantitative estimate of drug-likeness (QED) is 0.800. The van der Waals surface area contributed by atoms with Gasteiger partial charge in [0.05, 0.1) is 12.6 Å². The van der Waals surface area contributed by atoms with Crippen LogP contribution in [0.3, 0.4) is 0 Å². The molecule has 2 heterocycles. The molecule has 2 N–H and O–H groups in total. The van der Waals surface area contributed by atoms with E-state index in [9.17, 15) is 9.59 Å². The van der Waals surface area contributed by atoms with Crippen LogP contribution in [0.4, 0.5) is 0 Å². The molecule has 0 aromatic heterocycles. The van der Waals surface area contributed by atoms with Gasteiger partial charge in [-0.25, -0.2) is 0 Å². The lowest BCUT2D eigenvalue weighted by Crippen LogP contribution is -2.56. The van der Waals surface area contributed by atoms with Crippen LogP contribution < -0.4 is 5.73 Å². The Morgan fingerprint density at radius 3 is 2.13 bits per heavy atom. The molecular formula is C17H32N4O2. The van der Waals surface area contributed by atoms with E-state index in [-0.39, 0.29) is 17.7 Å². The molecule has 0 aliphatic carbocycles. The first kappa shape index (κ1) is 18.2. The van der Waals surface area contributed by atoms with Crippen molar-refractivity contribution in [3.8, 4) is 0 Å². The number of nitrogens with two attached hydrogens (primary N) is 1. The van der Waals surface area contributed by atoms with Crippen molar-refractivity contribution in [3.63, 3.8) is 0 Å². The molecule has 2 atom stereocenters. The second-order valence-electron chi connectivity index (χ2n) is 6.95. The monoisotopic (exact) mass is 324 g/mol. The van der Waals surface area contributed by atoms with E-state index in [0.29, 0.717) is 19.6 Å². The Labute approximate surface area is 140 Å². The van der Waals surface area contributed by atoms with E-state index < -0.39 is 6.04 Å². The van der Waals surface area contributed by atoms with Gasteiger partial charge in [0, 0.05) is 39.3 Å². The third-order valence-corrected chi connectivity index (χ3v) is 5.29. The van der Waals surface area contributed by atoms with Gasteiger partial charge in [0.25, 0.3) is 0 Å². The van der Waals surface area contributed by atoms with Gasteiger partial charge < -0.3 is 15.5 Å². The summed E-state index contributed by atoms with van der Waals surface area (Å²) >= 11 is 0. The number of piperidine rings is 1. The Morgan fingerprint density at radius 2 is 1.57 bits per heavy atom. The second-order valence-corrected chi connectivity index (χ2v) is 6.95. The first-order chi connectivity index (χ1) is 11.0. The van der Waals surface area contributed by atoms with Gasteiger partial charge in [0.1, 0.15) is 0 Å². The van der Waals surface area contributed by atoms with Crippen LogP contribution in [0.5, 0.6) is 0 Å². The van der Waals surface area contributed by atoms with E-state index in [1.165, 1.54) is 6.42 Å². The molecule has 2 unspecified atom stereocenters. The lowest BCUT2D eigenvalue weighted by atomic mass is 9.98. The summed E-state index contributed by atoms with van der Waals surface area (Å²) in [6.45, 7) is 9.25. The highest BCUT2D eigenvalue weighted by Crippen LogP contribution is 2.12. The van der Waals surface area contributed by atoms with E-state index in [2.05, 4.69) is 11.8 Å². The van der Waals surface area contributed by atoms with Crippen LogP contribution in [-0.2, 0) is 9.59 Å². The number of carbonyl (C=O) groups is 2. The summed E-state index contributed by atoms with van der Waals surface area (Å²) < 4.78 is 0. The average molecular weight is 324 g/mol. The van der Waals surface area contributed by atoms with Crippen LogP contribution in [-0.4, -0.2) is 78.4 Å². The van der Waals surface area contributed by atoms with Crippen molar-refractivity contribution < 1.29 is 9.59 Å². The van der Waals surface area contributed by atoms with Crippen LogP contribution in [0.2, 0.25) is 0 Å². The number of piperazine rings is 1. The van der Waals surface area contributed by atoms with Crippen molar-refractivity contribution in [3.05, 3.63) is 0 Å². The third kappa shape index (κ3) is 4.91. The number of rotatable bonds is 5. The molecule has 23 heavy (non-hydrogen) atoms. The van der Waals surface area contributed by atoms with Crippen molar-refractivity contribution in [2.45, 2.75) is 45.6 Å². The Balaban J connectivity index is 1.75. The molecule has 2 aliphatic heterocycles. The molecule has 0 aromatic rings. The molecular weight excluding hydrogens is 292 g/mol. The topological polar surface area (TPSA) is 69.9 Å². The number of carbonyl (C=O) groups excluding carboxylic acids is 2. The van der Waals surface area contributed by atoms with Crippen LogP contribution in [0.25, 0.3) is 0 Å². The highest BCUT2D eigenvalue weighted by atomic mass is 16.2. The van der Waals surface area contributed by atoms with Crippen molar-refractivity contribution >= 4 is 11.8 Å². The number of likely N-dealkylation sites (tertiary alicyclic amines) is 1. The van der Waals surface area contributed by atoms with Crippen LogP contribution in [0, 0.1) is 5.92 Å².